The Kier molecular flexibility index (Phi) is 3.61. The van der Waals surface area contributed by atoms with Crippen LogP contribution in [0.15, 0.2) is 17.7 Å². The van der Waals surface area contributed by atoms with Crippen molar-refractivity contribution in [3.05, 3.63) is 12.7 Å². The standard InChI is InChI=1S/C11H14N4O4S/c1-4-6(16)7(17)8(18)11(19-4)20-10-5-9(13-2-12-5)14-3-15-10/h2-4,6-8,11,16-18H,1H3,(H,12,13,14,15)/t4-,6+,7+,8+,11+/m1/s1. The maximum absolute atomic E-state index is 9.98. The Morgan fingerprint density at radius 1 is 1.15 bits per heavy atom. The zero-order valence-corrected chi connectivity index (χ0v) is 11.4. The summed E-state index contributed by atoms with van der Waals surface area (Å²) in [5.74, 6) is 0. The molecule has 1 saturated heterocycles. The van der Waals surface area contributed by atoms with Crippen LogP contribution in [0.5, 0.6) is 0 Å². The van der Waals surface area contributed by atoms with Gasteiger partial charge in [-0.15, -0.1) is 0 Å². The van der Waals surface area contributed by atoms with Crippen LogP contribution in [0.25, 0.3) is 11.2 Å². The third-order valence-electron chi connectivity index (χ3n) is 3.22. The minimum absolute atomic E-state index is 0.515. The number of rotatable bonds is 2. The molecule has 0 saturated carbocycles. The molecule has 0 spiro atoms. The van der Waals surface area contributed by atoms with Crippen molar-refractivity contribution >= 4 is 22.9 Å². The summed E-state index contributed by atoms with van der Waals surface area (Å²) in [5, 5.41) is 30.0. The summed E-state index contributed by atoms with van der Waals surface area (Å²) >= 11 is 1.15. The lowest BCUT2D eigenvalue weighted by Crippen LogP contribution is -2.55. The predicted molar refractivity (Wildman–Crippen MR) is 69.9 cm³/mol. The number of hydrogen-bond acceptors (Lipinski definition) is 8. The molecule has 0 aromatic carbocycles. The smallest absolute Gasteiger partial charge is 0.181 e. The summed E-state index contributed by atoms with van der Waals surface area (Å²) in [5.41, 5.74) is 0.424. The van der Waals surface area contributed by atoms with Crippen LogP contribution in [-0.4, -0.2) is 65.1 Å². The Morgan fingerprint density at radius 2 is 1.95 bits per heavy atom. The van der Waals surface area contributed by atoms with E-state index in [0.29, 0.717) is 16.2 Å². The third kappa shape index (κ3) is 2.27. The van der Waals surface area contributed by atoms with E-state index in [0.717, 1.165) is 11.8 Å². The van der Waals surface area contributed by atoms with Crippen LogP contribution in [0, 0.1) is 0 Å². The molecule has 0 unspecified atom stereocenters. The van der Waals surface area contributed by atoms with Gasteiger partial charge in [0.25, 0.3) is 0 Å². The van der Waals surface area contributed by atoms with Gasteiger partial charge in [-0.2, -0.15) is 0 Å². The van der Waals surface area contributed by atoms with Crippen molar-refractivity contribution in [1.82, 2.24) is 19.9 Å². The van der Waals surface area contributed by atoms with Crippen LogP contribution >= 0.6 is 11.8 Å². The molecular weight excluding hydrogens is 284 g/mol. The highest BCUT2D eigenvalue weighted by molar-refractivity contribution is 8.00. The number of aromatic amines is 1. The molecular formula is C11H14N4O4S. The van der Waals surface area contributed by atoms with E-state index in [-0.39, 0.29) is 0 Å². The summed E-state index contributed by atoms with van der Waals surface area (Å²) in [6.45, 7) is 1.64. The highest BCUT2D eigenvalue weighted by Gasteiger charge is 2.42. The molecule has 9 heteroatoms. The average Bonchev–Trinajstić information content (AvgIpc) is 2.92. The number of aromatic nitrogens is 4. The van der Waals surface area contributed by atoms with Crippen molar-refractivity contribution in [2.24, 2.45) is 0 Å². The van der Waals surface area contributed by atoms with E-state index < -0.39 is 29.9 Å². The van der Waals surface area contributed by atoms with Gasteiger partial charge >= 0.3 is 0 Å². The third-order valence-corrected chi connectivity index (χ3v) is 4.38. The fourth-order valence-electron chi connectivity index (χ4n) is 2.05. The van der Waals surface area contributed by atoms with Gasteiger partial charge in [0.05, 0.1) is 12.4 Å². The number of fused-ring (bicyclic) bond motifs is 1. The largest absolute Gasteiger partial charge is 0.388 e. The minimum Gasteiger partial charge on any atom is -0.388 e. The first-order valence-corrected chi connectivity index (χ1v) is 6.96. The van der Waals surface area contributed by atoms with Gasteiger partial charge in [-0.25, -0.2) is 15.0 Å². The van der Waals surface area contributed by atoms with Gasteiger partial charge in [-0.05, 0) is 6.92 Å². The molecule has 3 heterocycles. The van der Waals surface area contributed by atoms with Crippen molar-refractivity contribution in [1.29, 1.82) is 0 Å². The van der Waals surface area contributed by atoms with Gasteiger partial charge in [0, 0.05) is 0 Å². The first-order chi connectivity index (χ1) is 9.58. The molecule has 1 aliphatic heterocycles. The summed E-state index contributed by atoms with van der Waals surface area (Å²) in [4.78, 5) is 15.1. The Labute approximate surface area is 118 Å². The second-order valence-corrected chi connectivity index (χ2v) is 5.67. The molecule has 3 rings (SSSR count). The number of H-pyrrole nitrogens is 1. The van der Waals surface area contributed by atoms with E-state index in [1.165, 1.54) is 12.7 Å². The lowest BCUT2D eigenvalue weighted by molar-refractivity contribution is -0.192. The summed E-state index contributed by atoms with van der Waals surface area (Å²) in [6.07, 6.45) is -1.28. The van der Waals surface area contributed by atoms with Crippen molar-refractivity contribution in [3.8, 4) is 0 Å². The van der Waals surface area contributed by atoms with Crippen LogP contribution in [-0.2, 0) is 4.74 Å². The van der Waals surface area contributed by atoms with Crippen molar-refractivity contribution < 1.29 is 20.1 Å². The number of imidazole rings is 1. The van der Waals surface area contributed by atoms with Gasteiger partial charge in [0.1, 0.15) is 40.6 Å². The lowest BCUT2D eigenvalue weighted by Gasteiger charge is -2.38. The predicted octanol–water partition coefficient (Wildman–Crippen LogP) is -0.728. The van der Waals surface area contributed by atoms with Crippen LogP contribution in [0.2, 0.25) is 0 Å². The zero-order valence-electron chi connectivity index (χ0n) is 10.5. The first kappa shape index (κ1) is 13.7. The van der Waals surface area contributed by atoms with Crippen molar-refractivity contribution in [2.75, 3.05) is 0 Å². The van der Waals surface area contributed by atoms with Gasteiger partial charge in [-0.3, -0.25) is 0 Å². The van der Waals surface area contributed by atoms with Crippen LogP contribution < -0.4 is 0 Å². The van der Waals surface area contributed by atoms with Crippen LogP contribution in [0.4, 0.5) is 0 Å². The van der Waals surface area contributed by atoms with Crippen molar-refractivity contribution in [2.45, 2.75) is 41.8 Å². The van der Waals surface area contributed by atoms with Crippen LogP contribution in [0.3, 0.4) is 0 Å². The molecule has 4 N–H and O–H groups in total. The summed E-state index contributed by atoms with van der Waals surface area (Å²) in [7, 11) is 0. The SMILES string of the molecule is C[C@H]1O[C@@H](Sc2ncnc3nc[nH]c23)[C@@H](O)[C@@H](O)[C@H]1O. The van der Waals surface area contributed by atoms with Gasteiger partial charge in [-0.1, -0.05) is 11.8 Å². The average molecular weight is 298 g/mol. The number of nitrogens with one attached hydrogen (secondary N) is 1. The fraction of sp³-hybridized carbons (Fsp3) is 0.545. The van der Waals surface area contributed by atoms with E-state index in [1.54, 1.807) is 6.92 Å². The van der Waals surface area contributed by atoms with E-state index in [9.17, 15) is 15.3 Å². The topological polar surface area (TPSA) is 124 Å². The molecule has 20 heavy (non-hydrogen) atoms. The highest BCUT2D eigenvalue weighted by atomic mass is 32.2. The molecule has 0 radical (unpaired) electrons. The highest BCUT2D eigenvalue weighted by Crippen LogP contribution is 2.34. The zero-order chi connectivity index (χ0) is 14.3. The van der Waals surface area contributed by atoms with E-state index in [2.05, 4.69) is 19.9 Å². The van der Waals surface area contributed by atoms with Crippen LogP contribution in [0.1, 0.15) is 6.92 Å². The molecule has 0 aliphatic carbocycles. The van der Waals surface area contributed by atoms with E-state index in [1.807, 2.05) is 0 Å². The molecule has 2 aromatic heterocycles. The Balaban J connectivity index is 1.85. The van der Waals surface area contributed by atoms with Crippen molar-refractivity contribution in [3.63, 3.8) is 0 Å². The normalized spacial score (nSPS) is 34.5. The number of aliphatic hydroxyl groups is 3. The first-order valence-electron chi connectivity index (χ1n) is 6.08. The number of aliphatic hydroxyl groups excluding tert-OH is 3. The lowest BCUT2D eigenvalue weighted by atomic mass is 10.0. The summed E-state index contributed by atoms with van der Waals surface area (Å²) < 4.78 is 5.52. The second-order valence-electron chi connectivity index (χ2n) is 4.58. The molecule has 0 amide bonds. The Hall–Kier alpha value is -1.26. The Morgan fingerprint density at radius 3 is 2.75 bits per heavy atom. The number of nitrogens with zero attached hydrogens (tertiary/aromatic N) is 3. The molecule has 0 bridgehead atoms. The number of thioether (sulfide) groups is 1. The quantitative estimate of drug-likeness (QED) is 0.535. The monoisotopic (exact) mass is 298 g/mol. The van der Waals surface area contributed by atoms with E-state index >= 15 is 0 Å². The van der Waals surface area contributed by atoms with Gasteiger partial charge in [0.15, 0.2) is 5.65 Å². The fourth-order valence-corrected chi connectivity index (χ4v) is 3.18. The number of hydrogen-bond donors (Lipinski definition) is 4. The molecule has 8 nitrogen and oxygen atoms in total. The summed E-state index contributed by atoms with van der Waals surface area (Å²) in [6, 6.07) is 0. The van der Waals surface area contributed by atoms with Gasteiger partial charge < -0.3 is 25.0 Å². The number of ether oxygens (including phenoxy) is 1. The van der Waals surface area contributed by atoms with Gasteiger partial charge in [0.2, 0.25) is 0 Å². The maximum Gasteiger partial charge on any atom is 0.181 e. The molecule has 1 fully saturated rings. The maximum atomic E-state index is 9.98. The molecule has 1 aliphatic rings. The molecule has 108 valence electrons. The second kappa shape index (κ2) is 5.26. The molecule has 2 aromatic rings. The van der Waals surface area contributed by atoms with E-state index in [4.69, 9.17) is 4.74 Å². The molecule has 5 atom stereocenters. The Bertz CT molecular complexity index is 609. The minimum atomic E-state index is -1.25.